The molecule has 24 heavy (non-hydrogen) atoms. The molecular weight excluding hydrogens is 312 g/mol. The second-order valence-electron chi connectivity index (χ2n) is 5.29. The lowest BCUT2D eigenvalue weighted by Gasteiger charge is -2.19. The van der Waals surface area contributed by atoms with Gasteiger partial charge in [0.05, 0.1) is 6.54 Å². The number of amides is 1. The van der Waals surface area contributed by atoms with Gasteiger partial charge in [-0.15, -0.1) is 10.2 Å². The number of nitrogens with one attached hydrogen (secondary N) is 2. The molecule has 124 valence electrons. The third-order valence-corrected chi connectivity index (χ3v) is 3.48. The third-order valence-electron chi connectivity index (χ3n) is 3.48. The van der Waals surface area contributed by atoms with Crippen LogP contribution in [0, 0.1) is 0 Å². The molecule has 1 amide bonds. The summed E-state index contributed by atoms with van der Waals surface area (Å²) in [6.45, 7) is 1.85. The molecule has 0 spiro atoms. The SMILES string of the molecule is CC(C(=O)N(C)Cc1n[nH]c(=O)[nH]1)n1nnc(-c2ccccc2)n1. The molecule has 2 N–H and O–H groups in total. The number of carbonyl (C=O) groups is 1. The summed E-state index contributed by atoms with van der Waals surface area (Å²) in [5.41, 5.74) is 0.412. The molecule has 0 saturated heterocycles. The number of tetrazole rings is 1. The molecule has 0 aliphatic rings. The van der Waals surface area contributed by atoms with Gasteiger partial charge in [0.25, 0.3) is 0 Å². The van der Waals surface area contributed by atoms with E-state index in [9.17, 15) is 9.59 Å². The number of nitrogens with zero attached hydrogens (tertiary/aromatic N) is 6. The van der Waals surface area contributed by atoms with Gasteiger partial charge < -0.3 is 4.90 Å². The van der Waals surface area contributed by atoms with Crippen LogP contribution in [0.1, 0.15) is 18.8 Å². The molecule has 2 heterocycles. The highest BCUT2D eigenvalue weighted by Gasteiger charge is 2.23. The minimum Gasteiger partial charge on any atom is -0.336 e. The maximum absolute atomic E-state index is 12.5. The number of aromatic amines is 2. The molecule has 0 fully saturated rings. The van der Waals surface area contributed by atoms with Crippen LogP contribution < -0.4 is 5.69 Å². The van der Waals surface area contributed by atoms with E-state index >= 15 is 0 Å². The van der Waals surface area contributed by atoms with Gasteiger partial charge in [-0.25, -0.2) is 9.89 Å². The molecule has 0 radical (unpaired) electrons. The van der Waals surface area contributed by atoms with E-state index in [0.29, 0.717) is 11.6 Å². The predicted molar refractivity (Wildman–Crippen MR) is 83.6 cm³/mol. The topological polar surface area (TPSA) is 125 Å². The number of likely N-dealkylation sites (N-methyl/N-ethyl adjacent to an activating group) is 1. The van der Waals surface area contributed by atoms with Gasteiger partial charge in [0, 0.05) is 12.6 Å². The van der Waals surface area contributed by atoms with Crippen LogP contribution in [-0.4, -0.2) is 53.2 Å². The number of hydrogen-bond donors (Lipinski definition) is 2. The number of carbonyl (C=O) groups excluding carboxylic acids is 1. The Morgan fingerprint density at radius 2 is 2.08 bits per heavy atom. The van der Waals surface area contributed by atoms with Crippen LogP contribution in [0.3, 0.4) is 0 Å². The molecular formula is C14H16N8O2. The van der Waals surface area contributed by atoms with Gasteiger partial charge in [-0.1, -0.05) is 30.3 Å². The van der Waals surface area contributed by atoms with Crippen molar-refractivity contribution in [1.29, 1.82) is 0 Å². The van der Waals surface area contributed by atoms with Crippen molar-refractivity contribution >= 4 is 5.91 Å². The van der Waals surface area contributed by atoms with Gasteiger partial charge in [0.15, 0.2) is 5.82 Å². The first-order valence-corrected chi connectivity index (χ1v) is 7.28. The summed E-state index contributed by atoms with van der Waals surface area (Å²) in [5, 5.41) is 18.2. The fourth-order valence-electron chi connectivity index (χ4n) is 2.19. The van der Waals surface area contributed by atoms with E-state index in [1.54, 1.807) is 14.0 Å². The zero-order chi connectivity index (χ0) is 17.1. The summed E-state index contributed by atoms with van der Waals surface area (Å²) in [7, 11) is 1.61. The van der Waals surface area contributed by atoms with Gasteiger partial charge >= 0.3 is 5.69 Å². The van der Waals surface area contributed by atoms with Gasteiger partial charge in [-0.3, -0.25) is 9.78 Å². The highest BCUT2D eigenvalue weighted by molar-refractivity contribution is 5.79. The van der Waals surface area contributed by atoms with Crippen molar-refractivity contribution in [2.45, 2.75) is 19.5 Å². The highest BCUT2D eigenvalue weighted by atomic mass is 16.2. The van der Waals surface area contributed by atoms with E-state index in [-0.39, 0.29) is 12.5 Å². The Kier molecular flexibility index (Phi) is 4.18. The Labute approximate surface area is 136 Å². The Hall–Kier alpha value is -3.30. The van der Waals surface area contributed by atoms with Crippen molar-refractivity contribution in [1.82, 2.24) is 40.3 Å². The maximum atomic E-state index is 12.5. The zero-order valence-electron chi connectivity index (χ0n) is 13.2. The van der Waals surface area contributed by atoms with E-state index in [1.165, 1.54) is 9.70 Å². The molecule has 0 aliphatic carbocycles. The minimum atomic E-state index is -0.634. The molecule has 0 bridgehead atoms. The van der Waals surface area contributed by atoms with E-state index in [4.69, 9.17) is 0 Å². The molecule has 10 nitrogen and oxygen atoms in total. The van der Waals surface area contributed by atoms with Gasteiger partial charge in [0.2, 0.25) is 11.7 Å². The van der Waals surface area contributed by atoms with Crippen LogP contribution in [0.5, 0.6) is 0 Å². The summed E-state index contributed by atoms with van der Waals surface area (Å²) in [4.78, 5) is 28.7. The first kappa shape index (κ1) is 15.6. The van der Waals surface area contributed by atoms with Crippen LogP contribution >= 0.6 is 0 Å². The summed E-state index contributed by atoms with van der Waals surface area (Å²) in [6.07, 6.45) is 0. The normalized spacial score (nSPS) is 12.1. The average Bonchev–Trinajstić information content (AvgIpc) is 3.23. The van der Waals surface area contributed by atoms with Crippen molar-refractivity contribution in [3.8, 4) is 11.4 Å². The second kappa shape index (κ2) is 6.44. The lowest BCUT2D eigenvalue weighted by atomic mass is 10.2. The van der Waals surface area contributed by atoms with Crippen molar-refractivity contribution in [2.24, 2.45) is 0 Å². The van der Waals surface area contributed by atoms with Gasteiger partial charge in [-0.05, 0) is 12.1 Å². The Balaban J connectivity index is 1.71. The van der Waals surface area contributed by atoms with E-state index < -0.39 is 11.7 Å². The van der Waals surface area contributed by atoms with Gasteiger partial charge in [0.1, 0.15) is 6.04 Å². The third kappa shape index (κ3) is 3.21. The number of rotatable bonds is 5. The summed E-state index contributed by atoms with van der Waals surface area (Å²) in [5.74, 6) is 0.602. The molecule has 0 aliphatic heterocycles. The summed E-state index contributed by atoms with van der Waals surface area (Å²) >= 11 is 0. The average molecular weight is 328 g/mol. The Morgan fingerprint density at radius 3 is 2.75 bits per heavy atom. The zero-order valence-corrected chi connectivity index (χ0v) is 13.2. The second-order valence-corrected chi connectivity index (χ2v) is 5.29. The van der Waals surface area contributed by atoms with Crippen LogP contribution in [0.15, 0.2) is 35.1 Å². The van der Waals surface area contributed by atoms with Gasteiger partial charge in [-0.2, -0.15) is 9.90 Å². The first-order valence-electron chi connectivity index (χ1n) is 7.28. The summed E-state index contributed by atoms with van der Waals surface area (Å²) in [6, 6.07) is 8.76. The molecule has 10 heteroatoms. The van der Waals surface area contributed by atoms with Crippen molar-refractivity contribution in [2.75, 3.05) is 7.05 Å². The van der Waals surface area contributed by atoms with Crippen molar-refractivity contribution < 1.29 is 4.79 Å². The smallest absolute Gasteiger partial charge is 0.336 e. The van der Waals surface area contributed by atoms with E-state index in [0.717, 1.165) is 5.56 Å². The highest BCUT2D eigenvalue weighted by Crippen LogP contribution is 2.14. The Morgan fingerprint density at radius 1 is 1.33 bits per heavy atom. The van der Waals surface area contributed by atoms with E-state index in [1.807, 2.05) is 30.3 Å². The standard InChI is InChI=1S/C14H16N8O2/c1-9(13(23)21(2)8-11-15-14(24)18-16-11)22-19-12(17-20-22)10-6-4-3-5-7-10/h3-7,9H,8H2,1-2H3,(H2,15,16,18,24). The Bertz CT molecular complexity index is 881. The quantitative estimate of drug-likeness (QED) is 0.677. The number of benzene rings is 1. The van der Waals surface area contributed by atoms with Crippen LogP contribution in [0.4, 0.5) is 0 Å². The molecule has 2 aromatic heterocycles. The van der Waals surface area contributed by atoms with Crippen LogP contribution in [0.2, 0.25) is 0 Å². The molecule has 1 atom stereocenters. The number of H-pyrrole nitrogens is 2. The molecule has 0 saturated carbocycles. The first-order chi connectivity index (χ1) is 11.5. The maximum Gasteiger partial charge on any atom is 0.340 e. The molecule has 1 unspecified atom stereocenters. The lowest BCUT2D eigenvalue weighted by Crippen LogP contribution is -2.34. The van der Waals surface area contributed by atoms with Crippen LogP contribution in [0.25, 0.3) is 11.4 Å². The van der Waals surface area contributed by atoms with E-state index in [2.05, 4.69) is 30.6 Å². The van der Waals surface area contributed by atoms with Crippen LogP contribution in [-0.2, 0) is 11.3 Å². The monoisotopic (exact) mass is 328 g/mol. The van der Waals surface area contributed by atoms with Crippen molar-refractivity contribution in [3.63, 3.8) is 0 Å². The lowest BCUT2D eigenvalue weighted by molar-refractivity contribution is -0.134. The fourth-order valence-corrected chi connectivity index (χ4v) is 2.19. The number of hydrogen-bond acceptors (Lipinski definition) is 6. The molecule has 1 aromatic carbocycles. The summed E-state index contributed by atoms with van der Waals surface area (Å²) < 4.78 is 0. The van der Waals surface area contributed by atoms with Crippen molar-refractivity contribution in [3.05, 3.63) is 46.6 Å². The molecule has 3 rings (SSSR count). The number of aromatic nitrogens is 7. The largest absolute Gasteiger partial charge is 0.340 e. The fraction of sp³-hybridized carbons (Fsp3) is 0.286. The predicted octanol–water partition coefficient (Wildman–Crippen LogP) is -0.0289. The minimum absolute atomic E-state index is 0.169. The molecule has 3 aromatic rings.